The summed E-state index contributed by atoms with van der Waals surface area (Å²) < 4.78 is 18.7. The van der Waals surface area contributed by atoms with Gasteiger partial charge >= 0.3 is 0 Å². The maximum absolute atomic E-state index is 13.4. The van der Waals surface area contributed by atoms with Crippen LogP contribution in [0.5, 0.6) is 5.75 Å². The fourth-order valence-corrected chi connectivity index (χ4v) is 4.68. The molecule has 8 heteroatoms. The van der Waals surface area contributed by atoms with Crippen molar-refractivity contribution in [3.8, 4) is 5.75 Å². The number of halogens is 2. The molecular weight excluding hydrogens is 385 g/mol. The zero-order valence-electron chi connectivity index (χ0n) is 15.6. The third-order valence-corrected chi connectivity index (χ3v) is 6.29. The Bertz CT molecular complexity index is 824. The van der Waals surface area contributed by atoms with E-state index in [1.807, 2.05) is 0 Å². The molecule has 28 heavy (non-hydrogen) atoms. The van der Waals surface area contributed by atoms with Crippen molar-refractivity contribution in [1.29, 1.82) is 0 Å². The number of benzene rings is 1. The van der Waals surface area contributed by atoms with Crippen molar-refractivity contribution < 1.29 is 18.7 Å². The Morgan fingerprint density at radius 3 is 2.68 bits per heavy atom. The van der Waals surface area contributed by atoms with Gasteiger partial charge in [-0.2, -0.15) is 0 Å². The highest BCUT2D eigenvalue weighted by atomic mass is 35.5. The number of hydrogen-bond donors (Lipinski definition) is 2. The van der Waals surface area contributed by atoms with E-state index < -0.39 is 5.82 Å². The molecule has 0 radical (unpaired) electrons. The molecule has 0 spiro atoms. The molecule has 3 aliphatic carbocycles. The second-order valence-corrected chi connectivity index (χ2v) is 8.75. The zero-order chi connectivity index (χ0) is 19.9. The van der Waals surface area contributed by atoms with E-state index in [1.165, 1.54) is 12.1 Å². The van der Waals surface area contributed by atoms with E-state index in [4.69, 9.17) is 16.3 Å². The smallest absolute Gasteiger partial charge is 0.258 e. The molecule has 0 aromatic heterocycles. The monoisotopic (exact) mass is 407 g/mol. The van der Waals surface area contributed by atoms with Crippen LogP contribution in [0.15, 0.2) is 23.2 Å². The summed E-state index contributed by atoms with van der Waals surface area (Å²) in [4.78, 5) is 28.9. The van der Waals surface area contributed by atoms with E-state index >= 15 is 0 Å². The lowest BCUT2D eigenvalue weighted by atomic mass is 9.44. The molecule has 3 fully saturated rings. The lowest BCUT2D eigenvalue weighted by molar-refractivity contribution is -0.152. The quantitative estimate of drug-likeness (QED) is 0.760. The first-order chi connectivity index (χ1) is 13.3. The number of carbonyl (C=O) groups excluding carboxylic acids is 2. The number of hydrogen-bond acceptors (Lipinski definition) is 4. The number of rotatable bonds is 6. The van der Waals surface area contributed by atoms with Gasteiger partial charge in [-0.3, -0.25) is 14.6 Å². The summed E-state index contributed by atoms with van der Waals surface area (Å²) in [7, 11) is 0. The van der Waals surface area contributed by atoms with Gasteiger partial charge in [0, 0.05) is 29.9 Å². The van der Waals surface area contributed by atoms with Crippen molar-refractivity contribution in [2.45, 2.75) is 43.7 Å². The fourth-order valence-electron chi connectivity index (χ4n) is 4.56. The Labute approximate surface area is 167 Å². The molecule has 2 unspecified atom stereocenters. The summed E-state index contributed by atoms with van der Waals surface area (Å²) >= 11 is 5.62. The summed E-state index contributed by atoms with van der Waals surface area (Å²) in [6, 6.07) is 4.05. The largest absolute Gasteiger partial charge is 0.484 e. The Balaban J connectivity index is 1.22. The normalized spacial score (nSPS) is 32.7. The van der Waals surface area contributed by atoms with Gasteiger partial charge in [-0.1, -0.05) is 18.5 Å². The first kappa shape index (κ1) is 19.2. The molecule has 6 nitrogen and oxygen atoms in total. The molecule has 0 saturated heterocycles. The van der Waals surface area contributed by atoms with E-state index in [1.54, 1.807) is 6.21 Å². The molecule has 3 saturated carbocycles. The highest BCUT2D eigenvalue weighted by Gasteiger charge is 2.69. The van der Waals surface area contributed by atoms with Crippen LogP contribution in [0.4, 0.5) is 4.39 Å². The molecule has 1 aliphatic heterocycles. The first-order valence-corrected chi connectivity index (χ1v) is 9.89. The standard InChI is InChI=1S/C20H23ClFN3O3/c1-12-4-5-23-7-14(12)18(27)25-20-9-19(10-20,11-20)24-17(26)8-28-13-2-3-15(21)16(22)6-13/h2-3,6-7,12,14H,4-5,8-11H2,1H3,(H,24,26)(H,25,27). The number of aliphatic imine (C=N–C) groups is 1. The number of nitrogens with one attached hydrogen (secondary N) is 2. The average molecular weight is 408 g/mol. The van der Waals surface area contributed by atoms with Gasteiger partial charge in [0.05, 0.1) is 10.9 Å². The number of carbonyl (C=O) groups is 2. The minimum absolute atomic E-state index is 0.00639. The van der Waals surface area contributed by atoms with Crippen LogP contribution >= 0.6 is 11.6 Å². The van der Waals surface area contributed by atoms with Crippen molar-refractivity contribution in [1.82, 2.24) is 10.6 Å². The Kier molecular flexibility index (Phi) is 4.81. The van der Waals surface area contributed by atoms with E-state index in [2.05, 4.69) is 22.5 Å². The predicted octanol–water partition coefficient (Wildman–Crippen LogP) is 2.49. The minimum Gasteiger partial charge on any atom is -0.484 e. The van der Waals surface area contributed by atoms with Crippen LogP contribution in [0.25, 0.3) is 0 Å². The van der Waals surface area contributed by atoms with Gasteiger partial charge in [-0.05, 0) is 43.7 Å². The second kappa shape index (κ2) is 7.03. The third-order valence-electron chi connectivity index (χ3n) is 5.98. The molecule has 2 atom stereocenters. The van der Waals surface area contributed by atoms with Crippen LogP contribution < -0.4 is 15.4 Å². The lowest BCUT2D eigenvalue weighted by Gasteiger charge is -2.70. The van der Waals surface area contributed by atoms with Crippen LogP contribution in [-0.2, 0) is 9.59 Å². The van der Waals surface area contributed by atoms with Crippen molar-refractivity contribution in [3.63, 3.8) is 0 Å². The van der Waals surface area contributed by atoms with Gasteiger partial charge < -0.3 is 15.4 Å². The van der Waals surface area contributed by atoms with Gasteiger partial charge in [0.25, 0.3) is 5.91 Å². The predicted molar refractivity (Wildman–Crippen MR) is 103 cm³/mol. The molecule has 2 N–H and O–H groups in total. The highest BCUT2D eigenvalue weighted by Crippen LogP contribution is 2.60. The first-order valence-electron chi connectivity index (χ1n) is 9.51. The lowest BCUT2D eigenvalue weighted by Crippen LogP contribution is -2.84. The third kappa shape index (κ3) is 3.60. The molecule has 1 heterocycles. The molecule has 2 amide bonds. The molecule has 1 aromatic carbocycles. The Morgan fingerprint density at radius 1 is 1.29 bits per heavy atom. The highest BCUT2D eigenvalue weighted by molar-refractivity contribution is 6.30. The van der Waals surface area contributed by atoms with Crippen LogP contribution in [0, 0.1) is 17.7 Å². The molecule has 2 bridgehead atoms. The van der Waals surface area contributed by atoms with Crippen molar-refractivity contribution >= 4 is 29.6 Å². The summed E-state index contributed by atoms with van der Waals surface area (Å²) in [5, 5.41) is 6.15. The molecule has 5 rings (SSSR count). The van der Waals surface area contributed by atoms with Crippen molar-refractivity contribution in [3.05, 3.63) is 29.0 Å². The van der Waals surface area contributed by atoms with Crippen LogP contribution in [-0.4, -0.2) is 42.3 Å². The van der Waals surface area contributed by atoms with Gasteiger partial charge in [0.2, 0.25) is 5.91 Å². The molecule has 4 aliphatic rings. The zero-order valence-corrected chi connectivity index (χ0v) is 16.4. The van der Waals surface area contributed by atoms with Crippen LogP contribution in [0.2, 0.25) is 5.02 Å². The van der Waals surface area contributed by atoms with Gasteiger partial charge in [0.1, 0.15) is 11.6 Å². The molecule has 150 valence electrons. The number of ether oxygens (including phenoxy) is 1. The van der Waals surface area contributed by atoms with Gasteiger partial charge in [0.15, 0.2) is 6.61 Å². The number of amides is 2. The van der Waals surface area contributed by atoms with E-state index in [0.717, 1.165) is 38.3 Å². The topological polar surface area (TPSA) is 79.8 Å². The van der Waals surface area contributed by atoms with E-state index in [9.17, 15) is 14.0 Å². The van der Waals surface area contributed by atoms with Crippen molar-refractivity contribution in [2.24, 2.45) is 16.8 Å². The van der Waals surface area contributed by atoms with Gasteiger partial charge in [-0.15, -0.1) is 0 Å². The fraction of sp³-hybridized carbons (Fsp3) is 0.550. The molecule has 1 aromatic rings. The minimum atomic E-state index is -0.589. The van der Waals surface area contributed by atoms with Crippen LogP contribution in [0.1, 0.15) is 32.6 Å². The van der Waals surface area contributed by atoms with E-state index in [0.29, 0.717) is 5.92 Å². The van der Waals surface area contributed by atoms with E-state index in [-0.39, 0.29) is 46.2 Å². The van der Waals surface area contributed by atoms with Crippen molar-refractivity contribution in [2.75, 3.05) is 13.2 Å². The Morgan fingerprint density at radius 2 is 2.00 bits per heavy atom. The summed E-state index contributed by atoms with van der Waals surface area (Å²) in [5.41, 5.74) is -0.458. The maximum atomic E-state index is 13.4. The molecular formula is C20H23ClFN3O3. The Hall–Kier alpha value is -2.15. The summed E-state index contributed by atoms with van der Waals surface area (Å²) in [6.07, 6.45) is 4.88. The number of nitrogens with zero attached hydrogens (tertiary/aromatic N) is 1. The summed E-state index contributed by atoms with van der Waals surface area (Å²) in [6.45, 7) is 2.67. The summed E-state index contributed by atoms with van der Waals surface area (Å²) in [5.74, 6) is -0.433. The van der Waals surface area contributed by atoms with Crippen LogP contribution in [0.3, 0.4) is 0 Å². The second-order valence-electron chi connectivity index (χ2n) is 8.34. The van der Waals surface area contributed by atoms with Gasteiger partial charge in [-0.25, -0.2) is 4.39 Å². The average Bonchev–Trinajstić information content (AvgIpc) is 2.60. The maximum Gasteiger partial charge on any atom is 0.258 e. The SMILES string of the molecule is CC1CCN=CC1C(=O)NC12CC(NC(=O)COc3ccc(Cl)c(F)c3)(C1)C2.